The molecule has 5 nitrogen and oxygen atoms in total. The number of hydrogen-bond acceptors (Lipinski definition) is 4. The number of aryl methyl sites for hydroxylation is 1. The van der Waals surface area contributed by atoms with Gasteiger partial charge < -0.3 is 10.6 Å². The third-order valence-corrected chi connectivity index (χ3v) is 4.38. The number of pyridine rings is 1. The molecule has 1 atom stereocenters. The minimum absolute atomic E-state index is 0. The van der Waals surface area contributed by atoms with Crippen molar-refractivity contribution in [3.8, 4) is 0 Å². The zero-order chi connectivity index (χ0) is 16.8. The number of halogens is 1. The molecule has 0 radical (unpaired) electrons. The second-order valence-corrected chi connectivity index (χ2v) is 6.24. The van der Waals surface area contributed by atoms with Gasteiger partial charge in [0.05, 0.1) is 6.54 Å². The third-order valence-electron chi connectivity index (χ3n) is 4.38. The summed E-state index contributed by atoms with van der Waals surface area (Å²) < 4.78 is 0. The highest BCUT2D eigenvalue weighted by molar-refractivity contribution is 5.85. The van der Waals surface area contributed by atoms with E-state index in [9.17, 15) is 4.79 Å². The Kier molecular flexibility index (Phi) is 7.37. The summed E-state index contributed by atoms with van der Waals surface area (Å²) in [6.45, 7) is 5.65. The second-order valence-electron chi connectivity index (χ2n) is 6.24. The molecule has 1 unspecified atom stereocenters. The van der Waals surface area contributed by atoms with Crippen LogP contribution in [0.15, 0.2) is 48.8 Å². The van der Waals surface area contributed by atoms with Gasteiger partial charge in [0.2, 0.25) is 5.91 Å². The summed E-state index contributed by atoms with van der Waals surface area (Å²) in [4.78, 5) is 18.8. The number of benzene rings is 1. The van der Waals surface area contributed by atoms with Gasteiger partial charge in [0.1, 0.15) is 0 Å². The van der Waals surface area contributed by atoms with E-state index in [4.69, 9.17) is 0 Å². The van der Waals surface area contributed by atoms with Gasteiger partial charge in [-0.05, 0) is 24.1 Å². The number of carbonyl (C=O) groups excluding carboxylic acids is 1. The Hall–Kier alpha value is -1.95. The van der Waals surface area contributed by atoms with Gasteiger partial charge in [0.15, 0.2) is 0 Å². The van der Waals surface area contributed by atoms with Crippen molar-refractivity contribution in [1.29, 1.82) is 0 Å². The summed E-state index contributed by atoms with van der Waals surface area (Å²) in [5, 5.41) is 6.42. The van der Waals surface area contributed by atoms with E-state index in [1.807, 2.05) is 12.3 Å². The molecular weight excluding hydrogens is 336 g/mol. The van der Waals surface area contributed by atoms with Crippen molar-refractivity contribution >= 4 is 18.3 Å². The van der Waals surface area contributed by atoms with Crippen molar-refractivity contribution in [2.75, 3.05) is 26.2 Å². The van der Waals surface area contributed by atoms with Crippen LogP contribution < -0.4 is 10.6 Å². The maximum Gasteiger partial charge on any atom is 0.234 e. The molecule has 1 fully saturated rings. The van der Waals surface area contributed by atoms with Gasteiger partial charge in [-0.3, -0.25) is 14.7 Å². The second kappa shape index (κ2) is 9.51. The smallest absolute Gasteiger partial charge is 0.234 e. The molecule has 25 heavy (non-hydrogen) atoms. The highest BCUT2D eigenvalue weighted by Crippen LogP contribution is 2.20. The van der Waals surface area contributed by atoms with Crippen LogP contribution in [0, 0.1) is 6.92 Å². The summed E-state index contributed by atoms with van der Waals surface area (Å²) in [7, 11) is 0. The molecule has 2 heterocycles. The quantitative estimate of drug-likeness (QED) is 0.857. The maximum absolute atomic E-state index is 12.3. The molecule has 134 valence electrons. The van der Waals surface area contributed by atoms with Crippen LogP contribution in [-0.2, 0) is 11.3 Å². The lowest BCUT2D eigenvalue weighted by molar-refractivity contribution is -0.123. The molecule has 2 aromatic rings. The standard InChI is InChI=1S/C19H24N4O.ClH/c1-15-4-6-16(7-5-15)11-22-19(24)14-23-10-9-21-13-18(23)17-3-2-8-20-12-17;/h2-8,12,18,21H,9-11,13-14H2,1H3,(H,22,24);1H. The van der Waals surface area contributed by atoms with E-state index in [0.717, 1.165) is 30.8 Å². The van der Waals surface area contributed by atoms with Crippen molar-refractivity contribution in [1.82, 2.24) is 20.5 Å². The van der Waals surface area contributed by atoms with E-state index < -0.39 is 0 Å². The molecule has 1 aliphatic rings. The van der Waals surface area contributed by atoms with E-state index in [0.29, 0.717) is 13.1 Å². The Bertz CT molecular complexity index is 663. The largest absolute Gasteiger partial charge is 0.351 e. The monoisotopic (exact) mass is 360 g/mol. The summed E-state index contributed by atoms with van der Waals surface area (Å²) in [6, 6.07) is 12.4. The average molecular weight is 361 g/mol. The molecule has 0 aliphatic carbocycles. The fourth-order valence-corrected chi connectivity index (χ4v) is 2.98. The Morgan fingerprint density at radius 3 is 2.84 bits per heavy atom. The number of nitrogens with one attached hydrogen (secondary N) is 2. The van der Waals surface area contributed by atoms with Crippen molar-refractivity contribution in [2.24, 2.45) is 0 Å². The Morgan fingerprint density at radius 2 is 2.12 bits per heavy atom. The zero-order valence-corrected chi connectivity index (χ0v) is 15.3. The lowest BCUT2D eigenvalue weighted by atomic mass is 10.1. The highest BCUT2D eigenvalue weighted by Gasteiger charge is 2.25. The van der Waals surface area contributed by atoms with Crippen LogP contribution in [0.5, 0.6) is 0 Å². The molecule has 1 amide bonds. The minimum atomic E-state index is 0. The summed E-state index contributed by atoms with van der Waals surface area (Å²) in [5.41, 5.74) is 3.50. The van der Waals surface area contributed by atoms with E-state index in [1.54, 1.807) is 6.20 Å². The van der Waals surface area contributed by atoms with Gasteiger partial charge >= 0.3 is 0 Å². The summed E-state index contributed by atoms with van der Waals surface area (Å²) in [6.07, 6.45) is 3.66. The first-order valence-electron chi connectivity index (χ1n) is 8.39. The summed E-state index contributed by atoms with van der Waals surface area (Å²) in [5.74, 6) is 0.0614. The number of amides is 1. The Morgan fingerprint density at radius 1 is 1.32 bits per heavy atom. The number of aromatic nitrogens is 1. The van der Waals surface area contributed by atoms with Gasteiger partial charge in [-0.25, -0.2) is 0 Å². The first-order valence-corrected chi connectivity index (χ1v) is 8.39. The van der Waals surface area contributed by atoms with Gasteiger partial charge in [0.25, 0.3) is 0 Å². The molecule has 1 aromatic heterocycles. The van der Waals surface area contributed by atoms with Crippen LogP contribution in [-0.4, -0.2) is 42.0 Å². The van der Waals surface area contributed by atoms with Gasteiger partial charge in [0, 0.05) is 44.6 Å². The van der Waals surface area contributed by atoms with Crippen molar-refractivity contribution < 1.29 is 4.79 Å². The van der Waals surface area contributed by atoms with E-state index in [1.165, 1.54) is 5.56 Å². The van der Waals surface area contributed by atoms with E-state index in [2.05, 4.69) is 57.8 Å². The van der Waals surface area contributed by atoms with Gasteiger partial charge in [-0.15, -0.1) is 12.4 Å². The number of hydrogen-bond donors (Lipinski definition) is 2. The van der Waals surface area contributed by atoms with Crippen molar-refractivity contribution in [2.45, 2.75) is 19.5 Å². The predicted octanol–water partition coefficient (Wildman–Crippen LogP) is 2.07. The van der Waals surface area contributed by atoms with Crippen LogP contribution in [0.25, 0.3) is 0 Å². The van der Waals surface area contributed by atoms with Crippen LogP contribution in [0.3, 0.4) is 0 Å². The van der Waals surface area contributed by atoms with Crippen LogP contribution in [0.2, 0.25) is 0 Å². The van der Waals surface area contributed by atoms with Crippen LogP contribution >= 0.6 is 12.4 Å². The molecule has 0 bridgehead atoms. The predicted molar refractivity (Wildman–Crippen MR) is 102 cm³/mol. The maximum atomic E-state index is 12.3. The first-order chi connectivity index (χ1) is 11.7. The molecule has 0 saturated carbocycles. The van der Waals surface area contributed by atoms with Gasteiger partial charge in [-0.1, -0.05) is 35.9 Å². The van der Waals surface area contributed by atoms with Crippen molar-refractivity contribution in [3.05, 3.63) is 65.5 Å². The van der Waals surface area contributed by atoms with Crippen LogP contribution in [0.1, 0.15) is 22.7 Å². The minimum Gasteiger partial charge on any atom is -0.351 e. The van der Waals surface area contributed by atoms with E-state index >= 15 is 0 Å². The normalized spacial score (nSPS) is 17.6. The van der Waals surface area contributed by atoms with Crippen molar-refractivity contribution in [3.63, 3.8) is 0 Å². The van der Waals surface area contributed by atoms with Gasteiger partial charge in [-0.2, -0.15) is 0 Å². The molecule has 3 rings (SSSR count). The summed E-state index contributed by atoms with van der Waals surface area (Å²) >= 11 is 0. The number of piperazine rings is 1. The number of rotatable bonds is 5. The Balaban J connectivity index is 0.00000225. The third kappa shape index (κ3) is 5.53. The SMILES string of the molecule is Cc1ccc(CNC(=O)CN2CCNCC2c2cccnc2)cc1.Cl. The lowest BCUT2D eigenvalue weighted by Gasteiger charge is -2.35. The first kappa shape index (κ1) is 19.4. The van der Waals surface area contributed by atoms with Crippen LogP contribution in [0.4, 0.5) is 0 Å². The fraction of sp³-hybridized carbons (Fsp3) is 0.368. The zero-order valence-electron chi connectivity index (χ0n) is 14.4. The molecule has 1 aliphatic heterocycles. The molecule has 2 N–H and O–H groups in total. The lowest BCUT2D eigenvalue weighted by Crippen LogP contribution is -2.49. The average Bonchev–Trinajstić information content (AvgIpc) is 2.62. The molecule has 1 aromatic carbocycles. The molecule has 6 heteroatoms. The highest BCUT2D eigenvalue weighted by atomic mass is 35.5. The van der Waals surface area contributed by atoms with E-state index in [-0.39, 0.29) is 24.4 Å². The molecule has 1 saturated heterocycles. The number of nitrogens with zero attached hydrogens (tertiary/aromatic N) is 2. The fourth-order valence-electron chi connectivity index (χ4n) is 2.98. The molecular formula is C19H25ClN4O. The Labute approximate surface area is 155 Å². The molecule has 0 spiro atoms. The topological polar surface area (TPSA) is 57.3 Å². The number of carbonyl (C=O) groups is 1.